The van der Waals surface area contributed by atoms with Crippen LogP contribution in [0.4, 0.5) is 13.6 Å². The maximum Gasteiger partial charge on any atom is 0.317 e. The largest absolute Gasteiger partial charge is 0.363 e. The predicted molar refractivity (Wildman–Crippen MR) is 140 cm³/mol. The van der Waals surface area contributed by atoms with Crippen LogP contribution in [0.15, 0.2) is 18.2 Å². The third kappa shape index (κ3) is 8.92. The van der Waals surface area contributed by atoms with Gasteiger partial charge in [-0.3, -0.25) is 4.79 Å². The number of carbonyl (C=O) groups is 2. The van der Waals surface area contributed by atoms with Gasteiger partial charge in [-0.15, -0.1) is 0 Å². The van der Waals surface area contributed by atoms with E-state index in [2.05, 4.69) is 16.0 Å². The molecule has 3 rings (SSSR count). The molecule has 1 saturated carbocycles. The SMILES string of the molecule is CCCNC(=O)CO[C@@H](c1cccc(F)c1F)[C@@H]1CCCN(C(=O)N[C@H](CNC)CC2CCCCC2)C1. The number of hydrogen-bond acceptors (Lipinski definition) is 4. The fourth-order valence-electron chi connectivity index (χ4n) is 5.67. The fourth-order valence-corrected chi connectivity index (χ4v) is 5.67. The lowest BCUT2D eigenvalue weighted by molar-refractivity contribution is -0.129. The number of nitrogens with one attached hydrogen (secondary N) is 3. The van der Waals surface area contributed by atoms with Gasteiger partial charge in [0.05, 0.1) is 6.10 Å². The van der Waals surface area contributed by atoms with Gasteiger partial charge in [-0.2, -0.15) is 0 Å². The van der Waals surface area contributed by atoms with Crippen LogP contribution in [0.5, 0.6) is 0 Å². The summed E-state index contributed by atoms with van der Waals surface area (Å²) in [5.41, 5.74) is 0.0842. The predicted octanol–water partition coefficient (Wildman–Crippen LogP) is 4.53. The molecule has 1 saturated heterocycles. The second-order valence-electron chi connectivity index (χ2n) is 10.5. The number of piperidine rings is 1. The summed E-state index contributed by atoms with van der Waals surface area (Å²) < 4.78 is 34.8. The maximum absolute atomic E-state index is 14.8. The lowest BCUT2D eigenvalue weighted by Gasteiger charge is -2.38. The minimum Gasteiger partial charge on any atom is -0.363 e. The second-order valence-corrected chi connectivity index (χ2v) is 10.5. The van der Waals surface area contributed by atoms with Crippen molar-refractivity contribution in [1.29, 1.82) is 0 Å². The number of likely N-dealkylation sites (tertiary alicyclic amines) is 1. The summed E-state index contributed by atoms with van der Waals surface area (Å²) in [7, 11) is 1.89. The van der Waals surface area contributed by atoms with Crippen molar-refractivity contribution in [1.82, 2.24) is 20.9 Å². The molecule has 3 N–H and O–H groups in total. The molecule has 1 aliphatic carbocycles. The molecule has 37 heavy (non-hydrogen) atoms. The van der Waals surface area contributed by atoms with E-state index >= 15 is 0 Å². The molecule has 0 unspecified atom stereocenters. The van der Waals surface area contributed by atoms with Crippen molar-refractivity contribution in [3.8, 4) is 0 Å². The van der Waals surface area contributed by atoms with E-state index < -0.39 is 17.7 Å². The van der Waals surface area contributed by atoms with E-state index in [-0.39, 0.29) is 36.1 Å². The van der Waals surface area contributed by atoms with E-state index in [0.29, 0.717) is 38.5 Å². The molecule has 3 amide bonds. The first-order chi connectivity index (χ1) is 17.9. The number of halogens is 2. The molecule has 9 heteroatoms. The minimum atomic E-state index is -0.968. The number of nitrogens with zero attached hydrogens (tertiary/aromatic N) is 1. The Morgan fingerprint density at radius 2 is 1.92 bits per heavy atom. The standard InChI is InChI=1S/C28H44F2N4O3/c1-3-14-32-25(35)19-37-27(23-12-7-13-24(29)26(23)30)21-11-8-15-34(18-21)28(36)33-22(17-31-2)16-20-9-5-4-6-10-20/h7,12-13,20-22,27,31H,3-6,8-11,14-19H2,1-2H3,(H,32,35)(H,33,36)/t21-,22+,27-/m1/s1. The van der Waals surface area contributed by atoms with Crippen LogP contribution in [0.1, 0.15) is 76.4 Å². The van der Waals surface area contributed by atoms with Gasteiger partial charge in [0.1, 0.15) is 6.61 Å². The fraction of sp³-hybridized carbons (Fsp3) is 0.714. The van der Waals surface area contributed by atoms with E-state index in [1.54, 1.807) is 4.90 Å². The summed E-state index contributed by atoms with van der Waals surface area (Å²) in [6.45, 7) is 3.85. The van der Waals surface area contributed by atoms with E-state index in [0.717, 1.165) is 25.3 Å². The summed E-state index contributed by atoms with van der Waals surface area (Å²) >= 11 is 0. The highest BCUT2D eigenvalue weighted by Gasteiger charge is 2.34. The first-order valence-corrected chi connectivity index (χ1v) is 13.9. The van der Waals surface area contributed by atoms with Crippen LogP contribution in [0.3, 0.4) is 0 Å². The Balaban J connectivity index is 1.68. The molecule has 1 aromatic rings. The van der Waals surface area contributed by atoms with Crippen LogP contribution in [0.2, 0.25) is 0 Å². The maximum atomic E-state index is 14.8. The van der Waals surface area contributed by atoms with Gasteiger partial charge in [-0.25, -0.2) is 13.6 Å². The Kier molecular flexibility index (Phi) is 12.1. The van der Waals surface area contributed by atoms with Crippen molar-refractivity contribution in [2.75, 3.05) is 39.8 Å². The number of carbonyl (C=O) groups excluding carboxylic acids is 2. The number of benzene rings is 1. The molecular weight excluding hydrogens is 478 g/mol. The molecular formula is C28H44F2N4O3. The number of rotatable bonds is 12. The van der Waals surface area contributed by atoms with Crippen LogP contribution in [0.25, 0.3) is 0 Å². The summed E-state index contributed by atoms with van der Waals surface area (Å²) in [4.78, 5) is 27.2. The van der Waals surface area contributed by atoms with E-state index in [1.165, 1.54) is 44.2 Å². The van der Waals surface area contributed by atoms with Gasteiger partial charge < -0.3 is 25.6 Å². The lowest BCUT2D eigenvalue weighted by Crippen LogP contribution is -2.52. The zero-order chi connectivity index (χ0) is 26.6. The van der Waals surface area contributed by atoms with Crippen molar-refractivity contribution in [3.05, 3.63) is 35.4 Å². The summed E-state index contributed by atoms with van der Waals surface area (Å²) in [6, 6.07) is 3.91. The van der Waals surface area contributed by atoms with E-state index in [9.17, 15) is 18.4 Å². The second kappa shape index (κ2) is 15.2. The zero-order valence-corrected chi connectivity index (χ0v) is 22.4. The smallest absolute Gasteiger partial charge is 0.317 e. The van der Waals surface area contributed by atoms with E-state index in [1.807, 2.05) is 14.0 Å². The van der Waals surface area contributed by atoms with Crippen LogP contribution in [0, 0.1) is 23.5 Å². The summed E-state index contributed by atoms with van der Waals surface area (Å²) in [5.74, 6) is -1.86. The zero-order valence-electron chi connectivity index (χ0n) is 22.4. The molecule has 2 fully saturated rings. The molecule has 1 heterocycles. The van der Waals surface area contributed by atoms with Crippen LogP contribution >= 0.6 is 0 Å². The number of hydrogen-bond donors (Lipinski definition) is 3. The molecule has 1 aromatic carbocycles. The molecule has 0 bridgehead atoms. The van der Waals surface area contributed by atoms with Crippen molar-refractivity contribution >= 4 is 11.9 Å². The van der Waals surface area contributed by atoms with Crippen molar-refractivity contribution in [3.63, 3.8) is 0 Å². The molecule has 208 valence electrons. The molecule has 2 aliphatic rings. The van der Waals surface area contributed by atoms with Gasteiger partial charge in [0, 0.05) is 43.7 Å². The van der Waals surface area contributed by atoms with Gasteiger partial charge >= 0.3 is 6.03 Å². The Labute approximate surface area is 220 Å². The van der Waals surface area contributed by atoms with Crippen LogP contribution in [-0.4, -0.2) is 62.7 Å². The quantitative estimate of drug-likeness (QED) is 0.377. The number of amides is 3. The normalized spacial score (nSPS) is 20.3. The average molecular weight is 523 g/mol. The van der Waals surface area contributed by atoms with Crippen molar-refractivity contribution < 1.29 is 23.1 Å². The van der Waals surface area contributed by atoms with Gasteiger partial charge in [0.2, 0.25) is 5.91 Å². The van der Waals surface area contributed by atoms with Crippen molar-refractivity contribution in [2.24, 2.45) is 11.8 Å². The Morgan fingerprint density at radius 3 is 2.65 bits per heavy atom. The molecule has 3 atom stereocenters. The number of ether oxygens (including phenoxy) is 1. The van der Waals surface area contributed by atoms with Crippen LogP contribution in [-0.2, 0) is 9.53 Å². The van der Waals surface area contributed by atoms with Gasteiger partial charge in [0.25, 0.3) is 0 Å². The van der Waals surface area contributed by atoms with Crippen LogP contribution < -0.4 is 16.0 Å². The first-order valence-electron chi connectivity index (χ1n) is 13.9. The molecule has 0 spiro atoms. The Bertz CT molecular complexity index is 866. The van der Waals surface area contributed by atoms with Gasteiger partial charge in [0.15, 0.2) is 11.6 Å². The minimum absolute atomic E-state index is 0.0379. The first kappa shape index (κ1) is 29.3. The molecule has 7 nitrogen and oxygen atoms in total. The monoisotopic (exact) mass is 522 g/mol. The Morgan fingerprint density at radius 1 is 1.14 bits per heavy atom. The highest BCUT2D eigenvalue weighted by Crippen LogP contribution is 2.35. The topological polar surface area (TPSA) is 82.7 Å². The summed E-state index contributed by atoms with van der Waals surface area (Å²) in [5, 5.41) is 9.16. The molecule has 0 aromatic heterocycles. The van der Waals surface area contributed by atoms with Gasteiger partial charge in [-0.05, 0) is 44.7 Å². The third-order valence-corrected chi connectivity index (χ3v) is 7.55. The van der Waals surface area contributed by atoms with Crippen molar-refractivity contribution in [2.45, 2.75) is 76.9 Å². The number of likely N-dealkylation sites (N-methyl/N-ethyl adjacent to an activating group) is 1. The number of urea groups is 1. The lowest BCUT2D eigenvalue weighted by atomic mass is 9.85. The third-order valence-electron chi connectivity index (χ3n) is 7.55. The molecule has 1 aliphatic heterocycles. The Hall–Kier alpha value is -2.26. The van der Waals surface area contributed by atoms with E-state index in [4.69, 9.17) is 4.74 Å². The highest BCUT2D eigenvalue weighted by molar-refractivity contribution is 5.77. The average Bonchev–Trinajstić information content (AvgIpc) is 2.90. The summed E-state index contributed by atoms with van der Waals surface area (Å²) in [6.07, 6.45) is 8.54. The highest BCUT2D eigenvalue weighted by atomic mass is 19.2. The molecule has 0 radical (unpaired) electrons. The van der Waals surface area contributed by atoms with Gasteiger partial charge in [-0.1, -0.05) is 51.2 Å².